The predicted molar refractivity (Wildman–Crippen MR) is 131 cm³/mol. The number of fused-ring (bicyclic) bond motifs is 1. The van der Waals surface area contributed by atoms with E-state index in [1.165, 1.54) is 35.5 Å². The molecule has 0 fully saturated rings. The molecule has 0 saturated heterocycles. The summed E-state index contributed by atoms with van der Waals surface area (Å²) >= 11 is 0. The Kier molecular flexibility index (Phi) is 6.97. The fourth-order valence-electron chi connectivity index (χ4n) is 3.94. The molecule has 1 amide bonds. The number of nitrogens with one attached hydrogen (secondary N) is 1. The van der Waals surface area contributed by atoms with Crippen LogP contribution in [0, 0.1) is 0 Å². The van der Waals surface area contributed by atoms with Crippen molar-refractivity contribution in [1.29, 1.82) is 0 Å². The Bertz CT molecular complexity index is 1380. The Morgan fingerprint density at radius 2 is 1.63 bits per heavy atom. The Balaban J connectivity index is 1.41. The third kappa shape index (κ3) is 5.25. The molecule has 0 spiro atoms. The lowest BCUT2D eigenvalue weighted by atomic mass is 10.0. The number of carbonyl (C=O) groups excluding carboxylic acids is 3. The third-order valence-corrected chi connectivity index (χ3v) is 7.49. The van der Waals surface area contributed by atoms with Crippen LogP contribution in [0.25, 0.3) is 0 Å². The molecule has 3 aromatic carbocycles. The summed E-state index contributed by atoms with van der Waals surface area (Å²) in [5, 5.41) is 2.55. The number of nitrogens with zero attached hydrogens (tertiary/aromatic N) is 1. The van der Waals surface area contributed by atoms with Gasteiger partial charge in [-0.15, -0.1) is 0 Å². The maximum absolute atomic E-state index is 13.2. The summed E-state index contributed by atoms with van der Waals surface area (Å²) in [7, 11) is -3.80. The molecular formula is C26H24N2O6S. The number of sulfonamides is 1. The van der Waals surface area contributed by atoms with Crippen LogP contribution in [0.4, 0.5) is 11.4 Å². The number of aryl methyl sites for hydroxylation is 1. The van der Waals surface area contributed by atoms with E-state index in [-0.39, 0.29) is 16.2 Å². The first-order valence-electron chi connectivity index (χ1n) is 11.0. The highest BCUT2D eigenvalue weighted by Gasteiger charge is 2.29. The minimum atomic E-state index is -3.80. The Hall–Kier alpha value is -3.98. The SMILES string of the molecule is CC(=O)c1ccccc1NC(=O)COC(=O)c1ccc(S(=O)(=O)N2CCCc3ccccc32)cc1. The zero-order valence-corrected chi connectivity index (χ0v) is 19.9. The summed E-state index contributed by atoms with van der Waals surface area (Å²) in [4.78, 5) is 36.3. The van der Waals surface area contributed by atoms with Crippen molar-refractivity contribution in [3.63, 3.8) is 0 Å². The summed E-state index contributed by atoms with van der Waals surface area (Å²) in [6, 6.07) is 19.3. The number of carbonyl (C=O) groups is 3. The van der Waals surface area contributed by atoms with Crippen LogP contribution >= 0.6 is 0 Å². The number of amides is 1. The molecule has 0 aliphatic carbocycles. The summed E-state index contributed by atoms with van der Waals surface area (Å²) in [5.74, 6) is -1.58. The van der Waals surface area contributed by atoms with Crippen molar-refractivity contribution >= 4 is 39.1 Å². The van der Waals surface area contributed by atoms with Crippen LogP contribution in [0.15, 0.2) is 77.7 Å². The number of ether oxygens (including phenoxy) is 1. The van der Waals surface area contributed by atoms with Gasteiger partial charge >= 0.3 is 5.97 Å². The van der Waals surface area contributed by atoms with Crippen molar-refractivity contribution in [3.05, 3.63) is 89.5 Å². The van der Waals surface area contributed by atoms with Gasteiger partial charge in [-0.3, -0.25) is 13.9 Å². The van der Waals surface area contributed by atoms with E-state index in [4.69, 9.17) is 4.74 Å². The first-order chi connectivity index (χ1) is 16.8. The molecule has 0 atom stereocenters. The summed E-state index contributed by atoms with van der Waals surface area (Å²) in [5.41, 5.74) is 2.43. The molecule has 1 heterocycles. The van der Waals surface area contributed by atoms with Crippen molar-refractivity contribution in [1.82, 2.24) is 0 Å². The topological polar surface area (TPSA) is 110 Å². The number of para-hydroxylation sites is 2. The molecule has 0 aromatic heterocycles. The smallest absolute Gasteiger partial charge is 0.338 e. The quantitative estimate of drug-likeness (QED) is 0.397. The van der Waals surface area contributed by atoms with E-state index in [1.807, 2.05) is 12.1 Å². The molecule has 1 N–H and O–H groups in total. The summed E-state index contributed by atoms with van der Waals surface area (Å²) < 4.78 is 32.9. The average Bonchev–Trinajstić information content (AvgIpc) is 2.87. The summed E-state index contributed by atoms with van der Waals surface area (Å²) in [6.07, 6.45) is 1.54. The van der Waals surface area contributed by atoms with Crippen LogP contribution in [0.2, 0.25) is 0 Å². The van der Waals surface area contributed by atoms with Gasteiger partial charge in [0.25, 0.3) is 15.9 Å². The normalized spacial score (nSPS) is 13.0. The van der Waals surface area contributed by atoms with Gasteiger partial charge in [0, 0.05) is 12.1 Å². The van der Waals surface area contributed by atoms with Gasteiger partial charge in [-0.2, -0.15) is 0 Å². The molecule has 3 aromatic rings. The first-order valence-corrected chi connectivity index (χ1v) is 12.5. The number of hydrogen-bond acceptors (Lipinski definition) is 6. The van der Waals surface area contributed by atoms with Gasteiger partial charge in [-0.25, -0.2) is 13.2 Å². The lowest BCUT2D eigenvalue weighted by Crippen LogP contribution is -2.35. The van der Waals surface area contributed by atoms with E-state index in [0.29, 0.717) is 23.5 Å². The van der Waals surface area contributed by atoms with Crippen molar-refractivity contribution in [2.45, 2.75) is 24.7 Å². The van der Waals surface area contributed by atoms with Gasteiger partial charge in [0.1, 0.15) is 0 Å². The number of Topliss-reactive ketones (excluding diaryl/α,β-unsaturated/α-hetero) is 1. The standard InChI is InChI=1S/C26H24N2O6S/c1-18(29)22-9-3-4-10-23(22)27-25(30)17-34-26(31)20-12-14-21(15-13-20)35(32,33)28-16-6-8-19-7-2-5-11-24(19)28/h2-5,7,9-15H,6,8,16-17H2,1H3,(H,27,30). The molecule has 4 rings (SSSR count). The maximum Gasteiger partial charge on any atom is 0.338 e. The highest BCUT2D eigenvalue weighted by atomic mass is 32.2. The van der Waals surface area contributed by atoms with Gasteiger partial charge in [-0.05, 0) is 67.8 Å². The Morgan fingerprint density at radius 3 is 2.37 bits per heavy atom. The largest absolute Gasteiger partial charge is 0.452 e. The number of benzene rings is 3. The fraction of sp³-hybridized carbons (Fsp3) is 0.192. The molecule has 180 valence electrons. The van der Waals surface area contributed by atoms with Crippen LogP contribution in [0.3, 0.4) is 0 Å². The second kappa shape index (κ2) is 10.1. The van der Waals surface area contributed by atoms with Crippen LogP contribution in [-0.4, -0.2) is 39.2 Å². The maximum atomic E-state index is 13.2. The zero-order chi connectivity index (χ0) is 25.0. The van der Waals surface area contributed by atoms with Crippen molar-refractivity contribution < 1.29 is 27.5 Å². The van der Waals surface area contributed by atoms with E-state index in [1.54, 1.807) is 36.4 Å². The molecular weight excluding hydrogens is 468 g/mol. The highest BCUT2D eigenvalue weighted by Crippen LogP contribution is 2.31. The van der Waals surface area contributed by atoms with Crippen LogP contribution < -0.4 is 9.62 Å². The average molecular weight is 493 g/mol. The predicted octanol–water partition coefficient (Wildman–Crippen LogP) is 3.83. The lowest BCUT2D eigenvalue weighted by Gasteiger charge is -2.30. The monoisotopic (exact) mass is 492 g/mol. The second-order valence-corrected chi connectivity index (χ2v) is 9.92. The lowest BCUT2D eigenvalue weighted by molar-refractivity contribution is -0.119. The Labute approximate surface area is 203 Å². The molecule has 0 radical (unpaired) electrons. The first kappa shape index (κ1) is 24.2. The minimum absolute atomic E-state index is 0.0596. The molecule has 35 heavy (non-hydrogen) atoms. The molecule has 0 bridgehead atoms. The van der Waals surface area contributed by atoms with Crippen molar-refractivity contribution in [2.24, 2.45) is 0 Å². The minimum Gasteiger partial charge on any atom is -0.452 e. The van der Waals surface area contributed by atoms with E-state index in [0.717, 1.165) is 18.4 Å². The third-order valence-electron chi connectivity index (χ3n) is 5.66. The van der Waals surface area contributed by atoms with E-state index in [2.05, 4.69) is 5.32 Å². The van der Waals surface area contributed by atoms with E-state index >= 15 is 0 Å². The van der Waals surface area contributed by atoms with Crippen molar-refractivity contribution in [2.75, 3.05) is 22.8 Å². The molecule has 9 heteroatoms. The second-order valence-electron chi connectivity index (χ2n) is 8.06. The van der Waals surface area contributed by atoms with Gasteiger partial charge < -0.3 is 10.1 Å². The number of esters is 1. The molecule has 0 unspecified atom stereocenters. The van der Waals surface area contributed by atoms with E-state index in [9.17, 15) is 22.8 Å². The molecule has 1 aliphatic heterocycles. The summed E-state index contributed by atoms with van der Waals surface area (Å²) in [6.45, 7) is 1.21. The number of ketones is 1. The number of rotatable bonds is 7. The Morgan fingerprint density at radius 1 is 0.943 bits per heavy atom. The van der Waals surface area contributed by atoms with Gasteiger partial charge in [0.05, 0.1) is 21.8 Å². The van der Waals surface area contributed by atoms with Crippen LogP contribution in [0.1, 0.15) is 39.6 Å². The van der Waals surface area contributed by atoms with Crippen LogP contribution in [0.5, 0.6) is 0 Å². The zero-order valence-electron chi connectivity index (χ0n) is 19.1. The number of hydrogen-bond donors (Lipinski definition) is 1. The van der Waals surface area contributed by atoms with E-state index < -0.39 is 28.5 Å². The van der Waals surface area contributed by atoms with Gasteiger partial charge in [0.15, 0.2) is 12.4 Å². The van der Waals surface area contributed by atoms with Crippen molar-refractivity contribution in [3.8, 4) is 0 Å². The molecule has 8 nitrogen and oxygen atoms in total. The number of anilines is 2. The van der Waals surface area contributed by atoms with Gasteiger partial charge in [-0.1, -0.05) is 30.3 Å². The van der Waals surface area contributed by atoms with Crippen LogP contribution in [-0.2, 0) is 26.0 Å². The fourth-order valence-corrected chi connectivity index (χ4v) is 5.48. The molecule has 0 saturated carbocycles. The molecule has 1 aliphatic rings. The van der Waals surface area contributed by atoms with Gasteiger partial charge in [0.2, 0.25) is 0 Å². The highest BCUT2D eigenvalue weighted by molar-refractivity contribution is 7.92.